The third-order valence-corrected chi connectivity index (χ3v) is 3.40. The lowest BCUT2D eigenvalue weighted by Gasteiger charge is -2.19. The Labute approximate surface area is 109 Å². The SMILES string of the molecule is CC1=C(CCCCCCc2ccccc2)OC1=O. The molecular formula is C16H20O2. The molecule has 0 saturated heterocycles. The Kier molecular flexibility index (Phi) is 4.57. The van der Waals surface area contributed by atoms with Crippen LogP contribution in [0.2, 0.25) is 0 Å². The number of unbranched alkanes of at least 4 members (excludes halogenated alkanes) is 3. The molecule has 18 heavy (non-hydrogen) atoms. The molecule has 0 aliphatic carbocycles. The van der Waals surface area contributed by atoms with Crippen molar-refractivity contribution in [3.63, 3.8) is 0 Å². The summed E-state index contributed by atoms with van der Waals surface area (Å²) in [6.45, 7) is 1.84. The second-order valence-electron chi connectivity index (χ2n) is 4.84. The monoisotopic (exact) mass is 244 g/mol. The Bertz CT molecular complexity index is 432. The highest BCUT2D eigenvalue weighted by Gasteiger charge is 2.24. The van der Waals surface area contributed by atoms with E-state index < -0.39 is 0 Å². The molecule has 2 rings (SSSR count). The molecule has 2 nitrogen and oxygen atoms in total. The van der Waals surface area contributed by atoms with Crippen LogP contribution >= 0.6 is 0 Å². The van der Waals surface area contributed by atoms with Gasteiger partial charge in [-0.1, -0.05) is 43.2 Å². The number of carbonyl (C=O) groups excluding carboxylic acids is 1. The van der Waals surface area contributed by atoms with Crippen LogP contribution in [0.1, 0.15) is 44.6 Å². The second kappa shape index (κ2) is 6.39. The van der Waals surface area contributed by atoms with Gasteiger partial charge in [-0.05, 0) is 31.7 Å². The fourth-order valence-electron chi connectivity index (χ4n) is 2.18. The Morgan fingerprint density at radius 3 is 2.22 bits per heavy atom. The lowest BCUT2D eigenvalue weighted by molar-refractivity contribution is -0.140. The Hall–Kier alpha value is -1.57. The Balaban J connectivity index is 1.53. The summed E-state index contributed by atoms with van der Waals surface area (Å²) < 4.78 is 4.97. The van der Waals surface area contributed by atoms with E-state index in [0.717, 1.165) is 30.6 Å². The van der Waals surface area contributed by atoms with Crippen LogP contribution < -0.4 is 0 Å². The molecule has 0 amide bonds. The molecule has 0 bridgehead atoms. The first-order chi connectivity index (χ1) is 8.77. The van der Waals surface area contributed by atoms with Crippen LogP contribution in [0, 0.1) is 0 Å². The molecule has 1 heterocycles. The first kappa shape index (κ1) is 12.9. The maximum absolute atomic E-state index is 10.9. The van der Waals surface area contributed by atoms with Crippen LogP contribution in [0.3, 0.4) is 0 Å². The van der Waals surface area contributed by atoms with Crippen molar-refractivity contribution in [1.82, 2.24) is 0 Å². The van der Waals surface area contributed by atoms with E-state index in [1.807, 2.05) is 6.92 Å². The molecule has 96 valence electrons. The topological polar surface area (TPSA) is 26.3 Å². The van der Waals surface area contributed by atoms with E-state index in [4.69, 9.17) is 4.74 Å². The standard InChI is InChI=1S/C16H20O2/c1-13-15(18-16(13)17)12-8-3-2-5-9-14-10-6-4-7-11-14/h4,6-7,10-11H,2-3,5,8-9,12H2,1H3. The summed E-state index contributed by atoms with van der Waals surface area (Å²) in [6, 6.07) is 10.6. The van der Waals surface area contributed by atoms with Gasteiger partial charge in [0.05, 0.1) is 5.57 Å². The van der Waals surface area contributed by atoms with Crippen molar-refractivity contribution in [2.45, 2.75) is 45.4 Å². The van der Waals surface area contributed by atoms with Crippen LogP contribution in [-0.2, 0) is 16.0 Å². The van der Waals surface area contributed by atoms with E-state index in [9.17, 15) is 4.79 Å². The van der Waals surface area contributed by atoms with Crippen LogP contribution in [0.25, 0.3) is 0 Å². The minimum absolute atomic E-state index is 0.144. The Morgan fingerprint density at radius 1 is 0.944 bits per heavy atom. The molecule has 0 radical (unpaired) electrons. The van der Waals surface area contributed by atoms with Gasteiger partial charge in [0.15, 0.2) is 0 Å². The molecule has 0 N–H and O–H groups in total. The van der Waals surface area contributed by atoms with E-state index in [-0.39, 0.29) is 5.97 Å². The number of ether oxygens (including phenoxy) is 1. The van der Waals surface area contributed by atoms with Crippen LogP contribution in [0.15, 0.2) is 41.7 Å². The number of hydrogen-bond donors (Lipinski definition) is 0. The highest BCUT2D eigenvalue weighted by Crippen LogP contribution is 2.25. The number of esters is 1. The van der Waals surface area contributed by atoms with Gasteiger partial charge >= 0.3 is 5.97 Å². The predicted molar refractivity (Wildman–Crippen MR) is 72.0 cm³/mol. The number of rotatable bonds is 7. The van der Waals surface area contributed by atoms with Crippen LogP contribution in [-0.4, -0.2) is 5.97 Å². The summed E-state index contributed by atoms with van der Waals surface area (Å²) in [6.07, 6.45) is 6.90. The molecule has 1 aromatic carbocycles. The minimum atomic E-state index is -0.144. The fourth-order valence-corrected chi connectivity index (χ4v) is 2.18. The summed E-state index contributed by atoms with van der Waals surface area (Å²) in [5.41, 5.74) is 2.24. The number of cyclic esters (lactones) is 1. The lowest BCUT2D eigenvalue weighted by Crippen LogP contribution is -2.19. The number of hydrogen-bond acceptors (Lipinski definition) is 2. The normalized spacial score (nSPS) is 14.4. The van der Waals surface area contributed by atoms with Crippen LogP contribution in [0.5, 0.6) is 0 Å². The van der Waals surface area contributed by atoms with Gasteiger partial charge in [-0.15, -0.1) is 0 Å². The molecule has 0 aromatic heterocycles. The Morgan fingerprint density at radius 2 is 1.61 bits per heavy atom. The maximum atomic E-state index is 10.9. The molecule has 1 aromatic rings. The molecule has 0 saturated carbocycles. The van der Waals surface area contributed by atoms with E-state index in [1.165, 1.54) is 24.8 Å². The van der Waals surface area contributed by atoms with Gasteiger partial charge in [-0.3, -0.25) is 0 Å². The fraction of sp³-hybridized carbons (Fsp3) is 0.438. The average molecular weight is 244 g/mol. The third-order valence-electron chi connectivity index (χ3n) is 3.40. The number of aryl methyl sites for hydroxylation is 1. The quantitative estimate of drug-likeness (QED) is 0.535. The van der Waals surface area contributed by atoms with Gasteiger partial charge in [0.25, 0.3) is 0 Å². The summed E-state index contributed by atoms with van der Waals surface area (Å²) >= 11 is 0. The minimum Gasteiger partial charge on any atom is -0.427 e. The highest BCUT2D eigenvalue weighted by molar-refractivity contribution is 5.94. The maximum Gasteiger partial charge on any atom is 0.342 e. The van der Waals surface area contributed by atoms with Crippen molar-refractivity contribution in [3.05, 3.63) is 47.2 Å². The van der Waals surface area contributed by atoms with Gasteiger partial charge in [0, 0.05) is 6.42 Å². The summed E-state index contributed by atoms with van der Waals surface area (Å²) in [5.74, 6) is 0.761. The molecule has 0 fully saturated rings. The summed E-state index contributed by atoms with van der Waals surface area (Å²) in [5, 5.41) is 0. The van der Waals surface area contributed by atoms with E-state index in [0.29, 0.717) is 0 Å². The first-order valence-corrected chi connectivity index (χ1v) is 6.73. The van der Waals surface area contributed by atoms with Crippen molar-refractivity contribution >= 4 is 5.97 Å². The van der Waals surface area contributed by atoms with Gasteiger partial charge in [-0.2, -0.15) is 0 Å². The van der Waals surface area contributed by atoms with Gasteiger partial charge in [0.1, 0.15) is 5.76 Å². The van der Waals surface area contributed by atoms with Gasteiger partial charge < -0.3 is 4.74 Å². The smallest absolute Gasteiger partial charge is 0.342 e. The molecule has 1 aliphatic heterocycles. The molecule has 0 spiro atoms. The van der Waals surface area contributed by atoms with Crippen LogP contribution in [0.4, 0.5) is 0 Å². The molecule has 1 aliphatic rings. The lowest BCUT2D eigenvalue weighted by atomic mass is 10.0. The number of benzene rings is 1. The zero-order valence-electron chi connectivity index (χ0n) is 10.9. The average Bonchev–Trinajstić information content (AvgIpc) is 2.42. The summed E-state index contributed by atoms with van der Waals surface area (Å²) in [7, 11) is 0. The second-order valence-corrected chi connectivity index (χ2v) is 4.84. The molecule has 0 atom stereocenters. The number of allylic oxidation sites excluding steroid dienone is 1. The van der Waals surface area contributed by atoms with Gasteiger partial charge in [-0.25, -0.2) is 4.79 Å². The van der Waals surface area contributed by atoms with Crippen molar-refractivity contribution in [2.24, 2.45) is 0 Å². The van der Waals surface area contributed by atoms with E-state index in [1.54, 1.807) is 0 Å². The zero-order valence-corrected chi connectivity index (χ0v) is 10.9. The first-order valence-electron chi connectivity index (χ1n) is 6.73. The molecule has 0 unspecified atom stereocenters. The van der Waals surface area contributed by atoms with Crippen molar-refractivity contribution in [2.75, 3.05) is 0 Å². The zero-order chi connectivity index (χ0) is 12.8. The largest absolute Gasteiger partial charge is 0.427 e. The molecule has 2 heteroatoms. The third kappa shape index (κ3) is 3.46. The number of carbonyl (C=O) groups is 1. The van der Waals surface area contributed by atoms with Gasteiger partial charge in [0.2, 0.25) is 0 Å². The van der Waals surface area contributed by atoms with Crippen molar-refractivity contribution in [1.29, 1.82) is 0 Å². The van der Waals surface area contributed by atoms with E-state index >= 15 is 0 Å². The van der Waals surface area contributed by atoms with Crippen molar-refractivity contribution < 1.29 is 9.53 Å². The molecular weight excluding hydrogens is 224 g/mol. The summed E-state index contributed by atoms with van der Waals surface area (Å²) in [4.78, 5) is 10.9. The van der Waals surface area contributed by atoms with Crippen molar-refractivity contribution in [3.8, 4) is 0 Å². The predicted octanol–water partition coefficient (Wildman–Crippen LogP) is 4.01. The van der Waals surface area contributed by atoms with E-state index in [2.05, 4.69) is 30.3 Å². The highest BCUT2D eigenvalue weighted by atomic mass is 16.6.